The quantitative estimate of drug-likeness (QED) is 0.725. The van der Waals surface area contributed by atoms with Crippen molar-refractivity contribution in [2.45, 2.75) is 39.0 Å². The Hall–Kier alpha value is -2.08. The van der Waals surface area contributed by atoms with E-state index in [1.807, 2.05) is 6.92 Å². The molecule has 2 heterocycles. The summed E-state index contributed by atoms with van der Waals surface area (Å²) in [6, 6.07) is 3.45. The summed E-state index contributed by atoms with van der Waals surface area (Å²) in [6.45, 7) is 2.47. The van der Waals surface area contributed by atoms with E-state index < -0.39 is 5.97 Å². The highest BCUT2D eigenvalue weighted by molar-refractivity contribution is 6.30. The maximum absolute atomic E-state index is 12.4. The van der Waals surface area contributed by atoms with Gasteiger partial charge in [-0.15, -0.1) is 0 Å². The molecule has 0 aromatic carbocycles. The molecule has 0 saturated carbocycles. The number of carbonyl (C=O) groups excluding carboxylic acids is 1. The van der Waals surface area contributed by atoms with E-state index in [1.165, 1.54) is 0 Å². The van der Waals surface area contributed by atoms with Crippen LogP contribution in [0.1, 0.15) is 48.8 Å². The molecule has 2 aromatic heterocycles. The number of nitrogens with zero attached hydrogens (tertiary/aromatic N) is 2. The van der Waals surface area contributed by atoms with Crippen molar-refractivity contribution in [1.29, 1.82) is 0 Å². The summed E-state index contributed by atoms with van der Waals surface area (Å²) in [6.07, 6.45) is 4.72. The van der Waals surface area contributed by atoms with Gasteiger partial charge in [-0.3, -0.25) is 14.0 Å². The summed E-state index contributed by atoms with van der Waals surface area (Å²) in [5.41, 5.74) is 1.92. The van der Waals surface area contributed by atoms with Crippen LogP contribution in [0.5, 0.6) is 0 Å². The average Bonchev–Trinajstić information content (AvgIpc) is 2.87. The van der Waals surface area contributed by atoms with Gasteiger partial charge in [0.15, 0.2) is 0 Å². The van der Waals surface area contributed by atoms with Gasteiger partial charge in [-0.2, -0.15) is 0 Å². The van der Waals surface area contributed by atoms with Gasteiger partial charge in [0.1, 0.15) is 11.3 Å². The number of hydrogen-bond donors (Lipinski definition) is 2. The number of pyridine rings is 1. The topological polar surface area (TPSA) is 83.7 Å². The summed E-state index contributed by atoms with van der Waals surface area (Å²) in [5, 5.41) is 12.0. The summed E-state index contributed by atoms with van der Waals surface area (Å²) in [7, 11) is 0. The van der Waals surface area contributed by atoms with E-state index in [-0.39, 0.29) is 12.3 Å². The van der Waals surface area contributed by atoms with Crippen molar-refractivity contribution in [1.82, 2.24) is 14.7 Å². The van der Waals surface area contributed by atoms with Gasteiger partial charge in [-0.1, -0.05) is 24.9 Å². The van der Waals surface area contributed by atoms with Gasteiger partial charge in [0, 0.05) is 30.3 Å². The highest BCUT2D eigenvalue weighted by Gasteiger charge is 2.17. The highest BCUT2D eigenvalue weighted by atomic mass is 35.5. The maximum atomic E-state index is 12.4. The molecule has 0 spiro atoms. The zero-order valence-corrected chi connectivity index (χ0v) is 13.8. The number of carboxylic acid groups (broad SMARTS) is 1. The minimum Gasteiger partial charge on any atom is -0.481 e. The Balaban J connectivity index is 1.99. The second-order valence-electron chi connectivity index (χ2n) is 5.29. The van der Waals surface area contributed by atoms with Crippen molar-refractivity contribution >= 4 is 29.1 Å². The number of hydrogen-bond acceptors (Lipinski definition) is 3. The van der Waals surface area contributed by atoms with E-state index in [9.17, 15) is 9.59 Å². The van der Waals surface area contributed by atoms with Crippen LogP contribution in [0.3, 0.4) is 0 Å². The molecule has 124 valence electrons. The number of imidazole rings is 1. The third kappa shape index (κ3) is 4.45. The van der Waals surface area contributed by atoms with Gasteiger partial charge in [0.25, 0.3) is 5.91 Å². The molecule has 1 amide bonds. The number of aromatic nitrogens is 2. The molecule has 0 aliphatic rings. The SMILES string of the molecule is CCc1nc2cc(Cl)ccn2c1C(=O)NCCCCCC(=O)O. The lowest BCUT2D eigenvalue weighted by Gasteiger charge is -2.06. The Morgan fingerprint density at radius 1 is 1.35 bits per heavy atom. The van der Waals surface area contributed by atoms with E-state index in [1.54, 1.807) is 22.7 Å². The molecule has 0 bridgehead atoms. The number of unbranched alkanes of at least 4 members (excludes halogenated alkanes) is 2. The highest BCUT2D eigenvalue weighted by Crippen LogP contribution is 2.17. The molecule has 7 heteroatoms. The van der Waals surface area contributed by atoms with E-state index >= 15 is 0 Å². The Kier molecular flexibility index (Phi) is 5.98. The van der Waals surface area contributed by atoms with Crippen molar-refractivity contribution < 1.29 is 14.7 Å². The molecule has 6 nitrogen and oxygen atoms in total. The predicted octanol–water partition coefficient (Wildman–Crippen LogP) is 2.92. The van der Waals surface area contributed by atoms with Gasteiger partial charge in [0.2, 0.25) is 0 Å². The van der Waals surface area contributed by atoms with E-state index in [0.717, 1.165) is 18.5 Å². The van der Waals surface area contributed by atoms with Crippen LogP contribution < -0.4 is 5.32 Å². The average molecular weight is 338 g/mol. The van der Waals surface area contributed by atoms with Crippen LogP contribution in [0.25, 0.3) is 5.65 Å². The standard InChI is InChI=1S/C16H20ClN3O3/c1-2-12-15(20-9-7-11(17)10-13(20)19-12)16(23)18-8-5-3-4-6-14(21)22/h7,9-10H,2-6,8H2,1H3,(H,18,23)(H,21,22). The molecule has 23 heavy (non-hydrogen) atoms. The first-order chi connectivity index (χ1) is 11.0. The molecule has 0 radical (unpaired) electrons. The molecule has 0 aliphatic heterocycles. The van der Waals surface area contributed by atoms with Gasteiger partial charge in [-0.25, -0.2) is 4.98 Å². The van der Waals surface area contributed by atoms with Crippen molar-refractivity contribution in [2.24, 2.45) is 0 Å². The van der Waals surface area contributed by atoms with E-state index in [2.05, 4.69) is 10.3 Å². The number of halogens is 1. The molecule has 2 aromatic rings. The van der Waals surface area contributed by atoms with E-state index in [0.29, 0.717) is 35.8 Å². The summed E-state index contributed by atoms with van der Waals surface area (Å²) < 4.78 is 1.74. The summed E-state index contributed by atoms with van der Waals surface area (Å²) >= 11 is 5.96. The van der Waals surface area contributed by atoms with Crippen LogP contribution in [0, 0.1) is 0 Å². The van der Waals surface area contributed by atoms with Gasteiger partial charge in [-0.05, 0) is 25.3 Å². The van der Waals surface area contributed by atoms with Crippen LogP contribution in [0.2, 0.25) is 5.02 Å². The summed E-state index contributed by atoms with van der Waals surface area (Å²) in [4.78, 5) is 27.3. The third-order valence-electron chi connectivity index (χ3n) is 3.56. The number of aliphatic carboxylic acids is 1. The second kappa shape index (κ2) is 7.97. The third-order valence-corrected chi connectivity index (χ3v) is 3.80. The Morgan fingerprint density at radius 2 is 2.13 bits per heavy atom. The lowest BCUT2D eigenvalue weighted by molar-refractivity contribution is -0.137. The van der Waals surface area contributed by atoms with Crippen LogP contribution in [0.4, 0.5) is 0 Å². The molecule has 2 rings (SSSR count). The fourth-order valence-electron chi connectivity index (χ4n) is 2.42. The summed E-state index contributed by atoms with van der Waals surface area (Å²) in [5.74, 6) is -0.957. The van der Waals surface area contributed by atoms with Crippen molar-refractivity contribution in [3.8, 4) is 0 Å². The number of nitrogens with one attached hydrogen (secondary N) is 1. The number of aryl methyl sites for hydroxylation is 1. The fourth-order valence-corrected chi connectivity index (χ4v) is 2.57. The number of rotatable bonds is 8. The largest absolute Gasteiger partial charge is 0.481 e. The normalized spacial score (nSPS) is 10.9. The molecule has 0 saturated heterocycles. The molecule has 0 atom stereocenters. The number of carbonyl (C=O) groups is 2. The van der Waals surface area contributed by atoms with Crippen LogP contribution >= 0.6 is 11.6 Å². The monoisotopic (exact) mass is 337 g/mol. The molecule has 2 N–H and O–H groups in total. The van der Waals surface area contributed by atoms with Gasteiger partial charge in [0.05, 0.1) is 5.69 Å². The zero-order valence-electron chi connectivity index (χ0n) is 13.0. The second-order valence-corrected chi connectivity index (χ2v) is 5.73. The van der Waals surface area contributed by atoms with Crippen LogP contribution in [-0.2, 0) is 11.2 Å². The zero-order chi connectivity index (χ0) is 16.8. The Bertz CT molecular complexity index is 712. The molecular weight excluding hydrogens is 318 g/mol. The first kappa shape index (κ1) is 17.3. The molecule has 0 fully saturated rings. The number of amides is 1. The van der Waals surface area contributed by atoms with Gasteiger partial charge < -0.3 is 10.4 Å². The Labute approximate surface area is 139 Å². The van der Waals surface area contributed by atoms with Crippen molar-refractivity contribution in [2.75, 3.05) is 6.54 Å². The Morgan fingerprint density at radius 3 is 2.83 bits per heavy atom. The first-order valence-corrected chi connectivity index (χ1v) is 8.07. The maximum Gasteiger partial charge on any atom is 0.303 e. The first-order valence-electron chi connectivity index (χ1n) is 7.69. The van der Waals surface area contributed by atoms with Crippen molar-refractivity contribution in [3.05, 3.63) is 34.7 Å². The lowest BCUT2D eigenvalue weighted by atomic mass is 10.2. The molecule has 0 unspecified atom stereocenters. The van der Waals surface area contributed by atoms with Gasteiger partial charge >= 0.3 is 5.97 Å². The molecular formula is C16H20ClN3O3. The predicted molar refractivity (Wildman–Crippen MR) is 88.0 cm³/mol. The smallest absolute Gasteiger partial charge is 0.303 e. The fraction of sp³-hybridized carbons (Fsp3) is 0.438. The van der Waals surface area contributed by atoms with E-state index in [4.69, 9.17) is 16.7 Å². The number of carboxylic acids is 1. The minimum absolute atomic E-state index is 0.169. The number of fused-ring (bicyclic) bond motifs is 1. The lowest BCUT2D eigenvalue weighted by Crippen LogP contribution is -2.26. The molecule has 0 aliphatic carbocycles. The van der Waals surface area contributed by atoms with Crippen LogP contribution in [0.15, 0.2) is 18.3 Å². The van der Waals surface area contributed by atoms with Crippen LogP contribution in [-0.4, -0.2) is 32.9 Å². The van der Waals surface area contributed by atoms with Crippen molar-refractivity contribution in [3.63, 3.8) is 0 Å². The minimum atomic E-state index is -0.786.